The normalized spacial score (nSPS) is 15.9. The highest BCUT2D eigenvalue weighted by atomic mass is 19.3. The molecule has 0 saturated carbocycles. The van der Waals surface area contributed by atoms with E-state index < -0.39 is 5.92 Å². The molecule has 23 heavy (non-hydrogen) atoms. The van der Waals surface area contributed by atoms with Gasteiger partial charge >= 0.3 is 0 Å². The van der Waals surface area contributed by atoms with Gasteiger partial charge in [-0.3, -0.25) is 9.89 Å². The van der Waals surface area contributed by atoms with Gasteiger partial charge in [0.05, 0.1) is 11.8 Å². The second-order valence-electron chi connectivity index (χ2n) is 6.26. The number of rotatable bonds is 8. The Kier molecular flexibility index (Phi) is 6.10. The number of nitrogens with zero attached hydrogens (tertiary/aromatic N) is 3. The standard InChI is InChI=1S/C16H26F2N4O/c1-3-16(17,18)7-11-21(2)8-5-10-22-9-4-6-14(23)13-12-19-20-15(13)22/h12H,3-11H2,1-2H3,(H,19,20). The van der Waals surface area contributed by atoms with Crippen molar-refractivity contribution in [1.29, 1.82) is 0 Å². The van der Waals surface area contributed by atoms with E-state index in [1.807, 2.05) is 11.9 Å². The monoisotopic (exact) mass is 328 g/mol. The van der Waals surface area contributed by atoms with Gasteiger partial charge in [0.25, 0.3) is 0 Å². The van der Waals surface area contributed by atoms with E-state index in [2.05, 4.69) is 15.1 Å². The summed E-state index contributed by atoms with van der Waals surface area (Å²) in [7, 11) is 1.87. The Morgan fingerprint density at radius 2 is 2.22 bits per heavy atom. The van der Waals surface area contributed by atoms with E-state index in [9.17, 15) is 13.6 Å². The number of H-pyrrole nitrogens is 1. The first-order chi connectivity index (χ1) is 10.9. The molecule has 2 rings (SSSR count). The summed E-state index contributed by atoms with van der Waals surface area (Å²) in [5.74, 6) is -1.63. The van der Waals surface area contributed by atoms with Crippen LogP contribution in [0, 0.1) is 0 Å². The minimum Gasteiger partial charge on any atom is -0.356 e. The molecule has 0 spiro atoms. The Morgan fingerprint density at radius 1 is 1.43 bits per heavy atom. The van der Waals surface area contributed by atoms with Crippen LogP contribution in [0.4, 0.5) is 14.6 Å². The fourth-order valence-electron chi connectivity index (χ4n) is 2.80. The van der Waals surface area contributed by atoms with Gasteiger partial charge in [-0.05, 0) is 26.4 Å². The number of ketones is 1. The van der Waals surface area contributed by atoms with Gasteiger partial charge in [-0.2, -0.15) is 5.10 Å². The molecule has 0 atom stereocenters. The third-order valence-corrected chi connectivity index (χ3v) is 4.41. The molecule has 0 amide bonds. The van der Waals surface area contributed by atoms with Gasteiger partial charge in [0.15, 0.2) is 5.78 Å². The first-order valence-corrected chi connectivity index (χ1v) is 8.31. The zero-order chi connectivity index (χ0) is 16.9. The predicted octanol–water partition coefficient (Wildman–Crippen LogP) is 2.95. The summed E-state index contributed by atoms with van der Waals surface area (Å²) in [4.78, 5) is 16.0. The Balaban J connectivity index is 1.78. The van der Waals surface area contributed by atoms with Crippen LogP contribution in [-0.4, -0.2) is 60.0 Å². The second kappa shape index (κ2) is 7.86. The van der Waals surface area contributed by atoms with Crippen molar-refractivity contribution >= 4 is 11.6 Å². The number of Topliss-reactive ketones (excluding diaryl/α,β-unsaturated/α-hetero) is 1. The first-order valence-electron chi connectivity index (χ1n) is 8.31. The summed E-state index contributed by atoms with van der Waals surface area (Å²) in [6.07, 6.45) is 3.64. The van der Waals surface area contributed by atoms with Gasteiger partial charge < -0.3 is 9.80 Å². The van der Waals surface area contributed by atoms with Crippen LogP contribution in [0.3, 0.4) is 0 Å². The highest BCUT2D eigenvalue weighted by Gasteiger charge is 2.26. The van der Waals surface area contributed by atoms with Crippen LogP contribution in [0.2, 0.25) is 0 Å². The Bertz CT molecular complexity index is 518. The molecule has 1 N–H and O–H groups in total. The number of carbonyl (C=O) groups is 1. The van der Waals surface area contributed by atoms with Crippen molar-refractivity contribution in [1.82, 2.24) is 15.1 Å². The molecule has 5 nitrogen and oxygen atoms in total. The molecule has 0 aromatic carbocycles. The molecule has 1 aliphatic rings. The number of halogens is 2. The molecular formula is C16H26F2N4O. The van der Waals surface area contributed by atoms with Crippen molar-refractivity contribution < 1.29 is 13.6 Å². The van der Waals surface area contributed by atoms with Crippen molar-refractivity contribution in [3.63, 3.8) is 0 Å². The van der Waals surface area contributed by atoms with Gasteiger partial charge in [-0.1, -0.05) is 6.92 Å². The topological polar surface area (TPSA) is 52.2 Å². The van der Waals surface area contributed by atoms with Crippen LogP contribution < -0.4 is 4.90 Å². The summed E-state index contributed by atoms with van der Waals surface area (Å²) in [6, 6.07) is 0. The molecule has 0 bridgehead atoms. The third kappa shape index (κ3) is 4.99. The van der Waals surface area contributed by atoms with E-state index in [0.717, 1.165) is 38.3 Å². The van der Waals surface area contributed by atoms with Gasteiger partial charge in [0.1, 0.15) is 5.82 Å². The molecule has 1 aromatic heterocycles. The highest BCUT2D eigenvalue weighted by Crippen LogP contribution is 2.24. The van der Waals surface area contributed by atoms with Crippen LogP contribution in [-0.2, 0) is 0 Å². The molecule has 0 saturated heterocycles. The molecule has 0 unspecified atom stereocenters. The largest absolute Gasteiger partial charge is 0.356 e. The lowest BCUT2D eigenvalue weighted by atomic mass is 10.1. The van der Waals surface area contributed by atoms with E-state index in [0.29, 0.717) is 18.5 Å². The minimum atomic E-state index is -2.57. The molecule has 0 aliphatic carbocycles. The van der Waals surface area contributed by atoms with Crippen molar-refractivity contribution in [3.05, 3.63) is 11.8 Å². The van der Waals surface area contributed by atoms with Gasteiger partial charge in [-0.15, -0.1) is 0 Å². The Labute approximate surface area is 136 Å². The molecule has 130 valence electrons. The van der Waals surface area contributed by atoms with Crippen LogP contribution in [0.25, 0.3) is 0 Å². The average molecular weight is 328 g/mol. The fraction of sp³-hybridized carbons (Fsp3) is 0.750. The number of anilines is 1. The lowest BCUT2D eigenvalue weighted by molar-refractivity contribution is -0.0179. The lowest BCUT2D eigenvalue weighted by Gasteiger charge is -2.24. The third-order valence-electron chi connectivity index (χ3n) is 4.41. The molecule has 7 heteroatoms. The summed E-state index contributed by atoms with van der Waals surface area (Å²) in [5, 5.41) is 6.89. The van der Waals surface area contributed by atoms with Crippen LogP contribution in [0.5, 0.6) is 0 Å². The number of aromatic amines is 1. The molecule has 1 aliphatic heterocycles. The lowest BCUT2D eigenvalue weighted by Crippen LogP contribution is -2.31. The SMILES string of the molecule is CCC(F)(F)CCN(C)CCCN1CCCC(=O)c2cn[nH]c21. The first kappa shape index (κ1) is 17.8. The van der Waals surface area contributed by atoms with E-state index in [4.69, 9.17) is 0 Å². The molecule has 0 fully saturated rings. The summed E-state index contributed by atoms with van der Waals surface area (Å²) >= 11 is 0. The quantitative estimate of drug-likeness (QED) is 0.797. The van der Waals surface area contributed by atoms with Crippen molar-refractivity contribution in [3.8, 4) is 0 Å². The molecule has 2 heterocycles. The number of carbonyl (C=O) groups excluding carboxylic acids is 1. The van der Waals surface area contributed by atoms with Crippen LogP contribution in [0.15, 0.2) is 6.20 Å². The Hall–Kier alpha value is -1.50. The maximum atomic E-state index is 13.3. The van der Waals surface area contributed by atoms with E-state index in [-0.39, 0.29) is 18.6 Å². The Morgan fingerprint density at radius 3 is 2.96 bits per heavy atom. The van der Waals surface area contributed by atoms with Gasteiger partial charge in [0.2, 0.25) is 5.92 Å². The zero-order valence-electron chi connectivity index (χ0n) is 13.9. The van der Waals surface area contributed by atoms with Gasteiger partial charge in [0, 0.05) is 38.9 Å². The van der Waals surface area contributed by atoms with E-state index in [1.165, 1.54) is 6.92 Å². The van der Waals surface area contributed by atoms with Gasteiger partial charge in [-0.25, -0.2) is 8.78 Å². The van der Waals surface area contributed by atoms with Crippen molar-refractivity contribution in [2.75, 3.05) is 38.1 Å². The molecular weight excluding hydrogens is 302 g/mol. The highest BCUT2D eigenvalue weighted by molar-refractivity contribution is 6.00. The van der Waals surface area contributed by atoms with E-state index in [1.54, 1.807) is 6.20 Å². The molecule has 0 radical (unpaired) electrons. The minimum absolute atomic E-state index is 0.0943. The second-order valence-corrected chi connectivity index (χ2v) is 6.26. The number of hydrogen-bond acceptors (Lipinski definition) is 4. The smallest absolute Gasteiger partial charge is 0.249 e. The number of nitrogens with one attached hydrogen (secondary N) is 1. The predicted molar refractivity (Wildman–Crippen MR) is 86.3 cm³/mol. The average Bonchev–Trinajstić information content (AvgIpc) is 2.96. The van der Waals surface area contributed by atoms with Crippen molar-refractivity contribution in [2.45, 2.75) is 45.0 Å². The van der Waals surface area contributed by atoms with Crippen molar-refractivity contribution in [2.24, 2.45) is 0 Å². The van der Waals surface area contributed by atoms with E-state index >= 15 is 0 Å². The van der Waals surface area contributed by atoms with Crippen LogP contribution in [0.1, 0.15) is 49.4 Å². The maximum absolute atomic E-state index is 13.3. The summed E-state index contributed by atoms with van der Waals surface area (Å²) < 4.78 is 26.5. The number of aromatic nitrogens is 2. The maximum Gasteiger partial charge on any atom is 0.249 e. The zero-order valence-corrected chi connectivity index (χ0v) is 13.9. The summed E-state index contributed by atoms with van der Waals surface area (Å²) in [5.41, 5.74) is 0.665. The fourth-order valence-corrected chi connectivity index (χ4v) is 2.80. The number of alkyl halides is 2. The number of fused-ring (bicyclic) bond motifs is 1. The summed E-state index contributed by atoms with van der Waals surface area (Å²) in [6.45, 7) is 4.28. The number of hydrogen-bond donors (Lipinski definition) is 1. The van der Waals surface area contributed by atoms with Crippen LogP contribution >= 0.6 is 0 Å². The molecule has 1 aromatic rings.